The van der Waals surface area contributed by atoms with Crippen molar-refractivity contribution < 1.29 is 5.11 Å². The molecule has 0 spiro atoms. The molecule has 0 radical (unpaired) electrons. The van der Waals surface area contributed by atoms with Gasteiger partial charge >= 0.3 is 0 Å². The van der Waals surface area contributed by atoms with E-state index in [-0.39, 0.29) is 5.41 Å². The van der Waals surface area contributed by atoms with Gasteiger partial charge < -0.3 is 5.11 Å². The molecule has 1 atom stereocenters. The predicted molar refractivity (Wildman–Crippen MR) is 72.3 cm³/mol. The summed E-state index contributed by atoms with van der Waals surface area (Å²) in [6.07, 6.45) is 4.62. The average molecular weight is 251 g/mol. The number of aromatic nitrogens is 2. The molecule has 0 aromatic carbocycles. The lowest BCUT2D eigenvalue weighted by atomic mass is 9.77. The maximum absolute atomic E-state index is 9.71. The highest BCUT2D eigenvalue weighted by atomic mass is 16.3. The van der Waals surface area contributed by atoms with Crippen molar-refractivity contribution in [1.82, 2.24) is 15.1 Å². The van der Waals surface area contributed by atoms with Gasteiger partial charge in [0.05, 0.1) is 5.69 Å². The quantitative estimate of drug-likeness (QED) is 0.842. The van der Waals surface area contributed by atoms with Crippen LogP contribution in [-0.4, -0.2) is 39.9 Å². The zero-order valence-corrected chi connectivity index (χ0v) is 11.6. The van der Waals surface area contributed by atoms with E-state index in [0.29, 0.717) is 6.61 Å². The van der Waals surface area contributed by atoms with Gasteiger partial charge in [0.15, 0.2) is 0 Å². The summed E-state index contributed by atoms with van der Waals surface area (Å²) in [5.74, 6) is 0. The van der Waals surface area contributed by atoms with Gasteiger partial charge in [-0.3, -0.25) is 10.00 Å². The molecule has 1 saturated heterocycles. The monoisotopic (exact) mass is 251 g/mol. The number of piperidine rings is 1. The number of aryl methyl sites for hydroxylation is 1. The second-order valence-corrected chi connectivity index (χ2v) is 5.76. The average Bonchev–Trinajstić information content (AvgIpc) is 2.75. The molecular weight excluding hydrogens is 226 g/mol. The predicted octanol–water partition coefficient (Wildman–Crippen LogP) is 2.09. The summed E-state index contributed by atoms with van der Waals surface area (Å²) in [4.78, 5) is 2.44. The van der Waals surface area contributed by atoms with E-state index >= 15 is 0 Å². The van der Waals surface area contributed by atoms with Gasteiger partial charge in [0.2, 0.25) is 0 Å². The highest BCUT2D eigenvalue weighted by molar-refractivity contribution is 5.06. The maximum atomic E-state index is 9.71. The lowest BCUT2D eigenvalue weighted by Gasteiger charge is -2.41. The van der Waals surface area contributed by atoms with Gasteiger partial charge in [-0.05, 0) is 38.8 Å². The first-order chi connectivity index (χ1) is 8.67. The molecule has 2 rings (SSSR count). The van der Waals surface area contributed by atoms with Crippen LogP contribution in [0.4, 0.5) is 0 Å². The Bertz CT molecular complexity index is 373. The number of nitrogens with one attached hydrogen (secondary N) is 1. The van der Waals surface area contributed by atoms with Crippen molar-refractivity contribution in [2.24, 2.45) is 5.41 Å². The molecule has 4 heteroatoms. The number of aliphatic hydroxyl groups is 1. The molecule has 0 aliphatic carbocycles. The van der Waals surface area contributed by atoms with Gasteiger partial charge in [-0.15, -0.1) is 0 Å². The molecule has 0 amide bonds. The number of rotatable bonds is 5. The maximum Gasteiger partial charge on any atom is 0.0765 e. The van der Waals surface area contributed by atoms with Crippen molar-refractivity contribution in [3.63, 3.8) is 0 Å². The first kappa shape index (κ1) is 13.6. The number of hydrogen-bond donors (Lipinski definition) is 2. The standard InChI is InChI=1S/C14H25N3O/c1-3-5-14(11-18)6-4-7-17(10-14)9-13-8-12(2)15-16-13/h8,18H,3-7,9-11H2,1-2H3,(H,15,16)/t14-/m1/s1. The fourth-order valence-corrected chi connectivity index (χ4v) is 3.17. The van der Waals surface area contributed by atoms with Crippen LogP contribution in [0.2, 0.25) is 0 Å². The van der Waals surface area contributed by atoms with E-state index in [0.717, 1.165) is 50.3 Å². The van der Waals surface area contributed by atoms with E-state index in [1.165, 1.54) is 6.42 Å². The zero-order chi connectivity index (χ0) is 13.0. The number of likely N-dealkylation sites (tertiary alicyclic amines) is 1. The number of hydrogen-bond acceptors (Lipinski definition) is 3. The smallest absolute Gasteiger partial charge is 0.0765 e. The van der Waals surface area contributed by atoms with E-state index in [4.69, 9.17) is 0 Å². The van der Waals surface area contributed by atoms with E-state index in [1.54, 1.807) is 0 Å². The minimum absolute atomic E-state index is 0.123. The normalized spacial score (nSPS) is 25.5. The summed E-state index contributed by atoms with van der Waals surface area (Å²) in [6, 6.07) is 2.11. The molecular formula is C14H25N3O. The van der Waals surface area contributed by atoms with Gasteiger partial charge in [-0.1, -0.05) is 13.3 Å². The molecule has 102 valence electrons. The second kappa shape index (κ2) is 5.85. The Labute approximate surface area is 109 Å². The first-order valence-electron chi connectivity index (χ1n) is 7.01. The Morgan fingerprint density at radius 1 is 1.56 bits per heavy atom. The van der Waals surface area contributed by atoms with Crippen LogP contribution in [0.5, 0.6) is 0 Å². The van der Waals surface area contributed by atoms with Gasteiger partial charge in [0.1, 0.15) is 0 Å². The molecule has 1 aromatic heterocycles. The summed E-state index contributed by atoms with van der Waals surface area (Å²) in [7, 11) is 0. The molecule has 1 aromatic rings. The first-order valence-corrected chi connectivity index (χ1v) is 7.01. The summed E-state index contributed by atoms with van der Waals surface area (Å²) >= 11 is 0. The molecule has 2 N–H and O–H groups in total. The van der Waals surface area contributed by atoms with Crippen LogP contribution in [0, 0.1) is 12.3 Å². The Kier molecular flexibility index (Phi) is 4.40. The Hall–Kier alpha value is -0.870. The second-order valence-electron chi connectivity index (χ2n) is 5.76. The lowest BCUT2D eigenvalue weighted by Crippen LogP contribution is -2.44. The van der Waals surface area contributed by atoms with Crippen LogP contribution in [0.15, 0.2) is 6.07 Å². The van der Waals surface area contributed by atoms with Crippen molar-refractivity contribution in [1.29, 1.82) is 0 Å². The van der Waals surface area contributed by atoms with Crippen molar-refractivity contribution in [2.75, 3.05) is 19.7 Å². The number of nitrogens with zero attached hydrogens (tertiary/aromatic N) is 2. The van der Waals surface area contributed by atoms with Crippen LogP contribution in [0.1, 0.15) is 44.0 Å². The highest BCUT2D eigenvalue weighted by Crippen LogP contribution is 2.34. The molecule has 1 aliphatic heterocycles. The fourth-order valence-electron chi connectivity index (χ4n) is 3.17. The fraction of sp³-hybridized carbons (Fsp3) is 0.786. The zero-order valence-electron chi connectivity index (χ0n) is 11.6. The van der Waals surface area contributed by atoms with E-state index in [1.807, 2.05) is 6.92 Å². The molecule has 0 unspecified atom stereocenters. The molecule has 0 saturated carbocycles. The molecule has 1 aliphatic rings. The Morgan fingerprint density at radius 2 is 2.39 bits per heavy atom. The molecule has 1 fully saturated rings. The summed E-state index contributed by atoms with van der Waals surface area (Å²) in [5, 5.41) is 17.0. The van der Waals surface area contributed by atoms with Crippen LogP contribution in [0.3, 0.4) is 0 Å². The van der Waals surface area contributed by atoms with Gasteiger partial charge in [0.25, 0.3) is 0 Å². The van der Waals surface area contributed by atoms with Gasteiger partial charge in [0, 0.05) is 30.8 Å². The van der Waals surface area contributed by atoms with E-state index in [9.17, 15) is 5.11 Å². The summed E-state index contributed by atoms with van der Waals surface area (Å²) in [6.45, 7) is 7.57. The van der Waals surface area contributed by atoms with E-state index in [2.05, 4.69) is 28.1 Å². The van der Waals surface area contributed by atoms with E-state index < -0.39 is 0 Å². The summed E-state index contributed by atoms with van der Waals surface area (Å²) in [5.41, 5.74) is 2.35. The highest BCUT2D eigenvalue weighted by Gasteiger charge is 2.34. The molecule has 4 nitrogen and oxygen atoms in total. The minimum atomic E-state index is 0.123. The van der Waals surface area contributed by atoms with Crippen LogP contribution < -0.4 is 0 Å². The third kappa shape index (κ3) is 3.12. The van der Waals surface area contributed by atoms with Crippen molar-refractivity contribution in [3.05, 3.63) is 17.5 Å². The lowest BCUT2D eigenvalue weighted by molar-refractivity contribution is 0.0211. The van der Waals surface area contributed by atoms with Gasteiger partial charge in [-0.25, -0.2) is 0 Å². The van der Waals surface area contributed by atoms with Gasteiger partial charge in [-0.2, -0.15) is 5.10 Å². The molecule has 18 heavy (non-hydrogen) atoms. The minimum Gasteiger partial charge on any atom is -0.396 e. The summed E-state index contributed by atoms with van der Waals surface area (Å²) < 4.78 is 0. The number of aliphatic hydroxyl groups excluding tert-OH is 1. The third-order valence-corrected chi connectivity index (χ3v) is 4.00. The largest absolute Gasteiger partial charge is 0.396 e. The molecule has 2 heterocycles. The number of aromatic amines is 1. The van der Waals surface area contributed by atoms with Crippen molar-refractivity contribution >= 4 is 0 Å². The molecule has 0 bridgehead atoms. The van der Waals surface area contributed by atoms with Crippen LogP contribution >= 0.6 is 0 Å². The van der Waals surface area contributed by atoms with Crippen molar-refractivity contribution in [2.45, 2.75) is 46.1 Å². The Morgan fingerprint density at radius 3 is 3.00 bits per heavy atom. The Balaban J connectivity index is 1.97. The number of H-pyrrole nitrogens is 1. The SMILES string of the molecule is CCC[C@@]1(CO)CCCN(Cc2cc(C)[nH]n2)C1. The topological polar surface area (TPSA) is 52.1 Å². The van der Waals surface area contributed by atoms with Crippen LogP contribution in [0.25, 0.3) is 0 Å². The van der Waals surface area contributed by atoms with Crippen LogP contribution in [-0.2, 0) is 6.54 Å². The van der Waals surface area contributed by atoms with Crippen molar-refractivity contribution in [3.8, 4) is 0 Å². The third-order valence-electron chi connectivity index (χ3n) is 4.00.